The Morgan fingerprint density at radius 2 is 1.96 bits per heavy atom. The van der Waals surface area contributed by atoms with E-state index in [4.69, 9.17) is 0 Å². The lowest BCUT2D eigenvalue weighted by molar-refractivity contribution is -0.123. The number of benzene rings is 1. The molecule has 0 unspecified atom stereocenters. The van der Waals surface area contributed by atoms with Crippen molar-refractivity contribution in [3.05, 3.63) is 29.8 Å². The molecule has 0 bridgehead atoms. The number of sulfonamides is 1. The molecule has 142 valence electrons. The Kier molecular flexibility index (Phi) is 5.65. The Morgan fingerprint density at radius 3 is 2.65 bits per heavy atom. The molecule has 1 atom stereocenters. The maximum absolute atomic E-state index is 12.6. The van der Waals surface area contributed by atoms with Crippen LogP contribution in [0.1, 0.15) is 51.5 Å². The molecule has 1 amide bonds. The van der Waals surface area contributed by atoms with Crippen LogP contribution in [0.5, 0.6) is 0 Å². The van der Waals surface area contributed by atoms with Crippen molar-refractivity contribution in [3.8, 4) is 0 Å². The van der Waals surface area contributed by atoms with E-state index < -0.39 is 16.1 Å². The summed E-state index contributed by atoms with van der Waals surface area (Å²) in [6, 6.07) is 6.08. The van der Waals surface area contributed by atoms with Gasteiger partial charge in [-0.1, -0.05) is 51.7 Å². The van der Waals surface area contributed by atoms with Crippen molar-refractivity contribution < 1.29 is 13.2 Å². The molecule has 6 nitrogen and oxygen atoms in total. The van der Waals surface area contributed by atoms with Gasteiger partial charge in [-0.05, 0) is 30.4 Å². The normalized spacial score (nSPS) is 21.6. The third kappa shape index (κ3) is 4.09. The number of aliphatic imine (C=N–C) groups is 1. The summed E-state index contributed by atoms with van der Waals surface area (Å²) in [7, 11) is -3.59. The van der Waals surface area contributed by atoms with Crippen LogP contribution < -0.4 is 10.0 Å². The lowest BCUT2D eigenvalue weighted by Gasteiger charge is -2.18. The number of rotatable bonds is 6. The number of carbonyl (C=O) groups is 1. The van der Waals surface area contributed by atoms with Gasteiger partial charge in [0, 0.05) is 12.1 Å². The van der Waals surface area contributed by atoms with E-state index in [1.165, 1.54) is 25.7 Å². The van der Waals surface area contributed by atoms with Crippen molar-refractivity contribution in [3.63, 3.8) is 0 Å². The predicted octanol–water partition coefficient (Wildman–Crippen LogP) is 2.45. The van der Waals surface area contributed by atoms with Crippen LogP contribution in [0.4, 0.5) is 0 Å². The van der Waals surface area contributed by atoms with Crippen LogP contribution in [0.3, 0.4) is 0 Å². The summed E-state index contributed by atoms with van der Waals surface area (Å²) >= 11 is 0. The molecule has 0 saturated heterocycles. The van der Waals surface area contributed by atoms with E-state index in [1.54, 1.807) is 24.3 Å². The summed E-state index contributed by atoms with van der Waals surface area (Å²) in [5.41, 5.74) is 0.525. The van der Waals surface area contributed by atoms with E-state index in [0.29, 0.717) is 18.0 Å². The number of nitrogens with one attached hydrogen (secondary N) is 2. The highest BCUT2D eigenvalue weighted by atomic mass is 32.2. The molecule has 0 radical (unpaired) electrons. The predicted molar refractivity (Wildman–Crippen MR) is 102 cm³/mol. The summed E-state index contributed by atoms with van der Waals surface area (Å²) in [6.45, 7) is 4.49. The summed E-state index contributed by atoms with van der Waals surface area (Å²) in [6.07, 6.45) is 6.10. The third-order valence-corrected chi connectivity index (χ3v) is 6.55. The highest BCUT2D eigenvalue weighted by Gasteiger charge is 2.32. The molecule has 3 rings (SSSR count). The van der Waals surface area contributed by atoms with Crippen molar-refractivity contribution in [2.45, 2.75) is 56.9 Å². The van der Waals surface area contributed by atoms with Crippen LogP contribution in [0, 0.1) is 11.8 Å². The van der Waals surface area contributed by atoms with E-state index in [2.05, 4.69) is 15.0 Å². The molecule has 1 heterocycles. The number of hydrogen-bond acceptors (Lipinski definition) is 4. The summed E-state index contributed by atoms with van der Waals surface area (Å²) in [5.74, 6) is 0.790. The van der Waals surface area contributed by atoms with Gasteiger partial charge in [-0.15, -0.1) is 0 Å². The molecule has 1 saturated carbocycles. The molecule has 0 spiro atoms. The summed E-state index contributed by atoms with van der Waals surface area (Å²) in [4.78, 5) is 17.3. The fourth-order valence-electron chi connectivity index (χ4n) is 3.68. The Labute approximate surface area is 155 Å². The first-order chi connectivity index (χ1) is 12.4. The lowest BCUT2D eigenvalue weighted by atomic mass is 10.0. The SMILES string of the molecule is CC(C)[C@@H](N=C1NS(=O)(=O)c2ccccc21)C(=O)NCCC1CCCC1. The van der Waals surface area contributed by atoms with Crippen LogP contribution in [-0.4, -0.2) is 32.7 Å². The fourth-order valence-corrected chi connectivity index (χ4v) is 4.92. The first-order valence-electron chi connectivity index (χ1n) is 9.36. The quantitative estimate of drug-likeness (QED) is 0.798. The largest absolute Gasteiger partial charge is 0.354 e. The van der Waals surface area contributed by atoms with Crippen molar-refractivity contribution in [2.24, 2.45) is 16.8 Å². The maximum atomic E-state index is 12.6. The standard InChI is InChI=1S/C19H27N3O3S/c1-13(2)17(19(23)20-12-11-14-7-3-4-8-14)21-18-15-9-5-6-10-16(15)26(24,25)22-18/h5-6,9-10,13-14,17H,3-4,7-8,11-12H2,1-2H3,(H,20,23)(H,21,22)/t17-/m1/s1. The van der Waals surface area contributed by atoms with Crippen LogP contribution in [0.25, 0.3) is 0 Å². The number of amidine groups is 1. The van der Waals surface area contributed by atoms with Crippen LogP contribution in [0.2, 0.25) is 0 Å². The van der Waals surface area contributed by atoms with Gasteiger partial charge in [-0.3, -0.25) is 14.5 Å². The Hall–Kier alpha value is -1.89. The van der Waals surface area contributed by atoms with Crippen molar-refractivity contribution in [1.82, 2.24) is 10.0 Å². The molecule has 1 aliphatic carbocycles. The van der Waals surface area contributed by atoms with E-state index >= 15 is 0 Å². The molecule has 2 N–H and O–H groups in total. The minimum Gasteiger partial charge on any atom is -0.354 e. The molecule has 1 aromatic carbocycles. The van der Waals surface area contributed by atoms with Crippen molar-refractivity contribution in [2.75, 3.05) is 6.54 Å². The van der Waals surface area contributed by atoms with Gasteiger partial charge in [0.25, 0.3) is 10.0 Å². The zero-order chi connectivity index (χ0) is 18.7. The molecule has 7 heteroatoms. The zero-order valence-corrected chi connectivity index (χ0v) is 16.2. The minimum atomic E-state index is -3.59. The summed E-state index contributed by atoms with van der Waals surface area (Å²) in [5, 5.41) is 2.99. The maximum Gasteiger partial charge on any atom is 0.263 e. The molecular weight excluding hydrogens is 350 g/mol. The van der Waals surface area contributed by atoms with Crippen LogP contribution in [-0.2, 0) is 14.8 Å². The molecule has 26 heavy (non-hydrogen) atoms. The molecule has 1 fully saturated rings. The topological polar surface area (TPSA) is 87.6 Å². The number of amides is 1. The monoisotopic (exact) mass is 377 g/mol. The molecule has 2 aliphatic rings. The second-order valence-corrected chi connectivity index (χ2v) is 9.15. The van der Waals surface area contributed by atoms with Gasteiger partial charge in [0.15, 0.2) is 0 Å². The first kappa shape index (κ1) is 18.9. The lowest BCUT2D eigenvalue weighted by Crippen LogP contribution is -2.39. The highest BCUT2D eigenvalue weighted by molar-refractivity contribution is 7.90. The zero-order valence-electron chi connectivity index (χ0n) is 15.4. The first-order valence-corrected chi connectivity index (χ1v) is 10.8. The van der Waals surface area contributed by atoms with E-state index in [0.717, 1.165) is 6.42 Å². The third-order valence-electron chi connectivity index (χ3n) is 5.16. The van der Waals surface area contributed by atoms with Gasteiger partial charge in [0.2, 0.25) is 5.91 Å². The van der Waals surface area contributed by atoms with Gasteiger partial charge in [0.1, 0.15) is 11.9 Å². The average Bonchev–Trinajstić information content (AvgIpc) is 3.19. The van der Waals surface area contributed by atoms with E-state index in [1.807, 2.05) is 13.8 Å². The van der Waals surface area contributed by atoms with E-state index in [9.17, 15) is 13.2 Å². The molecule has 1 aliphatic heterocycles. The van der Waals surface area contributed by atoms with Gasteiger partial charge in [-0.2, -0.15) is 0 Å². The second-order valence-electron chi connectivity index (χ2n) is 7.50. The smallest absolute Gasteiger partial charge is 0.263 e. The summed E-state index contributed by atoms with van der Waals surface area (Å²) < 4.78 is 26.9. The van der Waals surface area contributed by atoms with Gasteiger partial charge in [-0.25, -0.2) is 8.42 Å². The fraction of sp³-hybridized carbons (Fsp3) is 0.579. The van der Waals surface area contributed by atoms with Gasteiger partial charge < -0.3 is 5.32 Å². The Morgan fingerprint density at radius 1 is 1.27 bits per heavy atom. The number of carbonyl (C=O) groups excluding carboxylic acids is 1. The molecule has 0 aromatic heterocycles. The van der Waals surface area contributed by atoms with E-state index in [-0.39, 0.29) is 22.6 Å². The second kappa shape index (κ2) is 7.78. The van der Waals surface area contributed by atoms with Crippen LogP contribution >= 0.6 is 0 Å². The van der Waals surface area contributed by atoms with Crippen molar-refractivity contribution in [1.29, 1.82) is 0 Å². The molecular formula is C19H27N3O3S. The van der Waals surface area contributed by atoms with Gasteiger partial charge >= 0.3 is 0 Å². The number of fused-ring (bicyclic) bond motifs is 1. The van der Waals surface area contributed by atoms with Crippen molar-refractivity contribution >= 4 is 21.8 Å². The minimum absolute atomic E-state index is 0.0359. The number of hydrogen-bond donors (Lipinski definition) is 2. The van der Waals surface area contributed by atoms with Gasteiger partial charge in [0.05, 0.1) is 4.90 Å². The average molecular weight is 378 g/mol. The van der Waals surface area contributed by atoms with Crippen LogP contribution in [0.15, 0.2) is 34.2 Å². The molecule has 1 aromatic rings. The Balaban J connectivity index is 1.72. The Bertz CT molecular complexity index is 796. The number of nitrogens with zero attached hydrogens (tertiary/aromatic N) is 1. The highest BCUT2D eigenvalue weighted by Crippen LogP contribution is 2.27.